The topological polar surface area (TPSA) is 222 Å². The molecule has 2 fully saturated rings. The lowest BCUT2D eigenvalue weighted by Gasteiger charge is -2.41. The molecule has 15 heteroatoms. The highest BCUT2D eigenvalue weighted by molar-refractivity contribution is 7.47. The second kappa shape index (κ2) is 33.1. The number of epoxide rings is 1. The zero-order chi connectivity index (χ0) is 44.0. The summed E-state index contributed by atoms with van der Waals surface area (Å²) in [5, 5.41) is 50.2. The van der Waals surface area contributed by atoms with Crippen molar-refractivity contribution in [2.45, 2.75) is 249 Å². The molecule has 2 rings (SSSR count). The third kappa shape index (κ3) is 25.0. The maximum absolute atomic E-state index is 12.8. The van der Waals surface area contributed by atoms with E-state index in [2.05, 4.69) is 26.0 Å². The summed E-state index contributed by atoms with van der Waals surface area (Å²) >= 11 is 0. The van der Waals surface area contributed by atoms with E-state index >= 15 is 0 Å². The molecular weight excluding hydrogens is 795 g/mol. The van der Waals surface area contributed by atoms with Crippen LogP contribution in [-0.2, 0) is 37.4 Å². The molecule has 0 aromatic carbocycles. The van der Waals surface area contributed by atoms with Crippen LogP contribution in [0.2, 0.25) is 0 Å². The molecular formula is C45H83O14P. The summed E-state index contributed by atoms with van der Waals surface area (Å²) in [5.41, 5.74) is 0. The fraction of sp³-hybridized carbons (Fsp3) is 0.911. The Kier molecular flexibility index (Phi) is 30.2. The normalized spacial score (nSPS) is 25.6. The van der Waals surface area contributed by atoms with Crippen LogP contribution < -0.4 is 0 Å². The Bertz CT molecular complexity index is 1170. The minimum Gasteiger partial charge on any atom is -0.462 e. The van der Waals surface area contributed by atoms with E-state index in [0.29, 0.717) is 25.0 Å². The van der Waals surface area contributed by atoms with Crippen LogP contribution in [-0.4, -0.2) is 111 Å². The first-order chi connectivity index (χ1) is 28.9. The largest absolute Gasteiger partial charge is 0.472 e. The molecule has 0 radical (unpaired) electrons. The number of carbonyl (C=O) groups is 2. The monoisotopic (exact) mass is 879 g/mol. The minimum absolute atomic E-state index is 0.0795. The zero-order valence-corrected chi connectivity index (χ0v) is 37.9. The first kappa shape index (κ1) is 54.7. The highest BCUT2D eigenvalue weighted by atomic mass is 31.2. The van der Waals surface area contributed by atoms with Gasteiger partial charge in [0.25, 0.3) is 0 Å². The molecule has 0 bridgehead atoms. The first-order valence-corrected chi connectivity index (χ1v) is 25.1. The number of phosphoric ester groups is 1. The Balaban J connectivity index is 1.69. The van der Waals surface area contributed by atoms with E-state index in [1.54, 1.807) is 0 Å². The van der Waals surface area contributed by atoms with Crippen LogP contribution in [0.15, 0.2) is 12.2 Å². The number of allylic oxidation sites excluding steroid dienone is 1. The molecule has 2 aliphatic rings. The van der Waals surface area contributed by atoms with Gasteiger partial charge < -0.3 is 44.6 Å². The summed E-state index contributed by atoms with van der Waals surface area (Å²) in [7, 11) is -5.12. The van der Waals surface area contributed by atoms with Crippen molar-refractivity contribution in [3.05, 3.63) is 12.2 Å². The number of ether oxygens (including phenoxy) is 3. The van der Waals surface area contributed by atoms with Gasteiger partial charge in [-0.1, -0.05) is 154 Å². The molecule has 1 saturated carbocycles. The van der Waals surface area contributed by atoms with Crippen molar-refractivity contribution in [1.82, 2.24) is 0 Å². The molecule has 10 atom stereocenters. The van der Waals surface area contributed by atoms with Crippen molar-refractivity contribution >= 4 is 19.8 Å². The van der Waals surface area contributed by atoms with Crippen LogP contribution in [0, 0.1) is 0 Å². The van der Waals surface area contributed by atoms with E-state index in [-0.39, 0.29) is 12.8 Å². The summed E-state index contributed by atoms with van der Waals surface area (Å²) in [5.74, 6) is -1.11. The Morgan fingerprint density at radius 3 is 1.60 bits per heavy atom. The third-order valence-corrected chi connectivity index (χ3v) is 12.5. The van der Waals surface area contributed by atoms with E-state index in [1.165, 1.54) is 89.9 Å². The van der Waals surface area contributed by atoms with Gasteiger partial charge in [-0.05, 0) is 38.5 Å². The standard InChI is InChI=1S/C45H83O14P/c1-3-5-7-8-9-10-11-12-13-14-15-16-20-23-27-31-38(46)55-33-35(34-56-60(53,54)59-45-43(51)41(49)40(48)42(50)44(45)52)57-39(47)32-28-24-21-18-17-19-22-26-30-37-36(58-37)29-25-6-4-2/h22,26,35-37,40-45,48-52H,3-21,23-25,27-34H2,1-2H3,(H,53,54)/b26-22-/t35-,36?,37?,40?,41-,42+,43-,44-,45?/m1/s1. The van der Waals surface area contributed by atoms with Gasteiger partial charge in [-0.15, -0.1) is 0 Å². The summed E-state index contributed by atoms with van der Waals surface area (Å²) in [6.45, 7) is 3.26. The Hall–Kier alpha value is -1.45. The second-order valence-corrected chi connectivity index (χ2v) is 18.4. The summed E-state index contributed by atoms with van der Waals surface area (Å²) in [6, 6.07) is 0. The Morgan fingerprint density at radius 1 is 0.583 bits per heavy atom. The lowest BCUT2D eigenvalue weighted by Crippen LogP contribution is -2.64. The number of carbonyl (C=O) groups excluding carboxylic acids is 2. The van der Waals surface area contributed by atoms with Crippen LogP contribution >= 0.6 is 7.82 Å². The maximum atomic E-state index is 12.8. The number of hydrogen-bond donors (Lipinski definition) is 6. The van der Waals surface area contributed by atoms with E-state index in [4.69, 9.17) is 23.3 Å². The van der Waals surface area contributed by atoms with Crippen molar-refractivity contribution in [2.24, 2.45) is 0 Å². The fourth-order valence-corrected chi connectivity index (χ4v) is 8.56. The molecule has 352 valence electrons. The average molecular weight is 879 g/mol. The van der Waals surface area contributed by atoms with Gasteiger partial charge in [-0.25, -0.2) is 4.57 Å². The van der Waals surface area contributed by atoms with Crippen molar-refractivity contribution in [3.8, 4) is 0 Å². The smallest absolute Gasteiger partial charge is 0.462 e. The third-order valence-electron chi connectivity index (χ3n) is 11.5. The predicted octanol–water partition coefficient (Wildman–Crippen LogP) is 8.05. The molecule has 5 unspecified atom stereocenters. The van der Waals surface area contributed by atoms with E-state index < -0.39 is 75.7 Å². The summed E-state index contributed by atoms with van der Waals surface area (Å²) in [6.07, 6.45) is 21.5. The Morgan fingerprint density at radius 2 is 1.05 bits per heavy atom. The lowest BCUT2D eigenvalue weighted by molar-refractivity contribution is -0.220. The number of rotatable bonds is 38. The molecule has 0 aromatic rings. The zero-order valence-electron chi connectivity index (χ0n) is 37.0. The fourth-order valence-electron chi connectivity index (χ4n) is 7.59. The number of aliphatic hydroxyl groups is 5. The van der Waals surface area contributed by atoms with Crippen LogP contribution in [0.25, 0.3) is 0 Å². The number of aliphatic hydroxyl groups excluding tert-OH is 5. The maximum Gasteiger partial charge on any atom is 0.472 e. The summed E-state index contributed by atoms with van der Waals surface area (Å²) < 4.78 is 39.3. The Labute approximate surface area is 360 Å². The van der Waals surface area contributed by atoms with Crippen molar-refractivity contribution in [3.63, 3.8) is 0 Å². The second-order valence-electron chi connectivity index (χ2n) is 17.0. The minimum atomic E-state index is -5.12. The molecule has 6 N–H and O–H groups in total. The van der Waals surface area contributed by atoms with Crippen LogP contribution in [0.3, 0.4) is 0 Å². The molecule has 0 aromatic heterocycles. The van der Waals surface area contributed by atoms with Gasteiger partial charge in [0, 0.05) is 12.8 Å². The number of phosphoric acid groups is 1. The number of unbranched alkanes of at least 4 members (excludes halogenated alkanes) is 21. The van der Waals surface area contributed by atoms with Gasteiger partial charge >= 0.3 is 19.8 Å². The predicted molar refractivity (Wildman–Crippen MR) is 230 cm³/mol. The quantitative estimate of drug-likeness (QED) is 0.0114. The number of esters is 2. The van der Waals surface area contributed by atoms with Gasteiger partial charge in [0.1, 0.15) is 43.2 Å². The SMILES string of the molecule is CCCCCCCCCCCCCCCCCC(=O)OC[C@H](COP(=O)(O)OC1[C@H](O)[C@H](O)C(O)[C@H](O)[C@H]1O)OC(=O)CCCCCCC/C=C\CC1OC1CCCCC. The first-order valence-electron chi connectivity index (χ1n) is 23.6. The summed E-state index contributed by atoms with van der Waals surface area (Å²) in [4.78, 5) is 35.7. The molecule has 14 nitrogen and oxygen atoms in total. The number of hydrogen-bond acceptors (Lipinski definition) is 13. The van der Waals surface area contributed by atoms with Crippen LogP contribution in [0.5, 0.6) is 0 Å². The van der Waals surface area contributed by atoms with Crippen LogP contribution in [0.4, 0.5) is 0 Å². The molecule has 0 spiro atoms. The molecule has 0 amide bonds. The van der Waals surface area contributed by atoms with E-state index in [1.807, 2.05) is 0 Å². The molecule has 1 aliphatic carbocycles. The van der Waals surface area contributed by atoms with Crippen molar-refractivity contribution in [1.29, 1.82) is 0 Å². The van der Waals surface area contributed by atoms with E-state index in [9.17, 15) is 44.6 Å². The van der Waals surface area contributed by atoms with Crippen molar-refractivity contribution < 1.29 is 67.8 Å². The van der Waals surface area contributed by atoms with Crippen LogP contribution in [0.1, 0.15) is 194 Å². The van der Waals surface area contributed by atoms with Gasteiger partial charge in [-0.3, -0.25) is 18.6 Å². The molecule has 1 aliphatic heterocycles. The van der Waals surface area contributed by atoms with Crippen molar-refractivity contribution in [2.75, 3.05) is 13.2 Å². The molecule has 1 saturated heterocycles. The molecule has 60 heavy (non-hydrogen) atoms. The van der Waals surface area contributed by atoms with Gasteiger partial charge in [0.2, 0.25) is 0 Å². The average Bonchev–Trinajstić information content (AvgIpc) is 3.98. The lowest BCUT2D eigenvalue weighted by atomic mass is 9.85. The molecule has 1 heterocycles. The highest BCUT2D eigenvalue weighted by Gasteiger charge is 2.51. The highest BCUT2D eigenvalue weighted by Crippen LogP contribution is 2.47. The van der Waals surface area contributed by atoms with Gasteiger partial charge in [-0.2, -0.15) is 0 Å². The van der Waals surface area contributed by atoms with Gasteiger partial charge in [0.05, 0.1) is 18.8 Å². The van der Waals surface area contributed by atoms with E-state index in [0.717, 1.165) is 64.2 Å². The van der Waals surface area contributed by atoms with Gasteiger partial charge in [0.15, 0.2) is 6.10 Å².